The van der Waals surface area contributed by atoms with Crippen LogP contribution in [-0.2, 0) is 14.3 Å². The SMILES string of the molecule is CC1CC(N2CCOC(c3nc(-c4ccccc4)cs3)C2)C(=O)O1. The van der Waals surface area contributed by atoms with Gasteiger partial charge in [0, 0.05) is 30.5 Å². The van der Waals surface area contributed by atoms with E-state index in [1.165, 1.54) is 0 Å². The van der Waals surface area contributed by atoms with Crippen molar-refractivity contribution < 1.29 is 14.3 Å². The molecule has 4 rings (SSSR count). The fourth-order valence-corrected chi connectivity index (χ4v) is 4.18. The van der Waals surface area contributed by atoms with Crippen LogP contribution in [0, 0.1) is 0 Å². The van der Waals surface area contributed by atoms with E-state index in [-0.39, 0.29) is 24.2 Å². The summed E-state index contributed by atoms with van der Waals surface area (Å²) in [6, 6.07) is 10.0. The minimum Gasteiger partial charge on any atom is -0.461 e. The molecule has 126 valence electrons. The lowest BCUT2D eigenvalue weighted by atomic mass is 10.1. The molecule has 1 aromatic carbocycles. The van der Waals surface area contributed by atoms with E-state index in [0.717, 1.165) is 29.2 Å². The molecule has 0 bridgehead atoms. The van der Waals surface area contributed by atoms with Gasteiger partial charge < -0.3 is 9.47 Å². The molecule has 0 amide bonds. The number of thiazole rings is 1. The number of benzene rings is 1. The minimum atomic E-state index is -0.139. The van der Waals surface area contributed by atoms with Gasteiger partial charge in [0.25, 0.3) is 0 Å². The normalized spacial score (nSPS) is 28.0. The largest absolute Gasteiger partial charge is 0.461 e. The number of nitrogens with zero attached hydrogens (tertiary/aromatic N) is 2. The van der Waals surface area contributed by atoms with Crippen molar-refractivity contribution in [3.63, 3.8) is 0 Å². The predicted octanol–water partition coefficient (Wildman–Crippen LogP) is 2.89. The first kappa shape index (κ1) is 15.7. The molecule has 2 fully saturated rings. The van der Waals surface area contributed by atoms with E-state index in [9.17, 15) is 4.79 Å². The third-order valence-corrected chi connectivity index (χ3v) is 5.49. The molecule has 2 aliphatic heterocycles. The number of hydrogen-bond donors (Lipinski definition) is 0. The average Bonchev–Trinajstić information content (AvgIpc) is 3.22. The number of morpholine rings is 1. The van der Waals surface area contributed by atoms with Gasteiger partial charge in [0.1, 0.15) is 23.3 Å². The van der Waals surface area contributed by atoms with E-state index in [4.69, 9.17) is 14.5 Å². The smallest absolute Gasteiger partial charge is 0.323 e. The summed E-state index contributed by atoms with van der Waals surface area (Å²) in [6.45, 7) is 4.01. The van der Waals surface area contributed by atoms with Crippen molar-refractivity contribution in [3.05, 3.63) is 40.7 Å². The number of esters is 1. The molecule has 3 heterocycles. The van der Waals surface area contributed by atoms with E-state index in [2.05, 4.69) is 22.4 Å². The van der Waals surface area contributed by atoms with Crippen molar-refractivity contribution in [1.82, 2.24) is 9.88 Å². The molecule has 3 atom stereocenters. The number of carbonyl (C=O) groups excluding carboxylic acids is 1. The molecular weight excluding hydrogens is 324 g/mol. The van der Waals surface area contributed by atoms with E-state index in [1.54, 1.807) is 11.3 Å². The number of cyclic esters (lactones) is 1. The van der Waals surface area contributed by atoms with Crippen LogP contribution in [0.3, 0.4) is 0 Å². The first-order valence-electron chi connectivity index (χ1n) is 8.27. The Kier molecular flexibility index (Phi) is 4.35. The van der Waals surface area contributed by atoms with E-state index in [1.807, 2.05) is 25.1 Å². The van der Waals surface area contributed by atoms with E-state index >= 15 is 0 Å². The van der Waals surface area contributed by atoms with Crippen molar-refractivity contribution in [3.8, 4) is 11.3 Å². The Balaban J connectivity index is 1.49. The van der Waals surface area contributed by atoms with Gasteiger partial charge in [0.05, 0.1) is 12.3 Å². The number of hydrogen-bond acceptors (Lipinski definition) is 6. The zero-order chi connectivity index (χ0) is 16.5. The second kappa shape index (κ2) is 6.63. The standard InChI is InChI=1S/C18H20N2O3S/c1-12-9-15(18(21)23-12)20-7-8-22-16(10-20)17-19-14(11-24-17)13-5-3-2-4-6-13/h2-6,11-12,15-16H,7-10H2,1H3. The van der Waals surface area contributed by atoms with Gasteiger partial charge in [0.2, 0.25) is 0 Å². The molecule has 0 N–H and O–H groups in total. The van der Waals surface area contributed by atoms with Gasteiger partial charge in [0.15, 0.2) is 0 Å². The summed E-state index contributed by atoms with van der Waals surface area (Å²) in [4.78, 5) is 18.9. The van der Waals surface area contributed by atoms with Crippen molar-refractivity contribution in [1.29, 1.82) is 0 Å². The maximum absolute atomic E-state index is 12.0. The highest BCUT2D eigenvalue weighted by Crippen LogP contribution is 2.31. The summed E-state index contributed by atoms with van der Waals surface area (Å²) < 4.78 is 11.2. The Morgan fingerprint density at radius 2 is 2.12 bits per heavy atom. The molecule has 2 aliphatic rings. The highest BCUT2D eigenvalue weighted by molar-refractivity contribution is 7.10. The van der Waals surface area contributed by atoms with Gasteiger partial charge in [-0.25, -0.2) is 4.98 Å². The summed E-state index contributed by atoms with van der Waals surface area (Å²) in [6.07, 6.45) is 0.692. The lowest BCUT2D eigenvalue weighted by Gasteiger charge is -2.34. The zero-order valence-corrected chi connectivity index (χ0v) is 14.4. The topological polar surface area (TPSA) is 51.7 Å². The second-order valence-electron chi connectivity index (χ2n) is 6.29. The molecule has 0 radical (unpaired) electrons. The lowest BCUT2D eigenvalue weighted by Crippen LogP contribution is -2.46. The van der Waals surface area contributed by atoms with Gasteiger partial charge in [-0.15, -0.1) is 11.3 Å². The first-order chi connectivity index (χ1) is 11.7. The van der Waals surface area contributed by atoms with Crippen LogP contribution in [0.1, 0.15) is 24.5 Å². The van der Waals surface area contributed by atoms with Gasteiger partial charge in [-0.05, 0) is 6.92 Å². The number of rotatable bonds is 3. The Morgan fingerprint density at radius 3 is 2.88 bits per heavy atom. The first-order valence-corrected chi connectivity index (χ1v) is 9.15. The van der Waals surface area contributed by atoms with Crippen LogP contribution >= 0.6 is 11.3 Å². The van der Waals surface area contributed by atoms with Crippen molar-refractivity contribution in [2.24, 2.45) is 0 Å². The van der Waals surface area contributed by atoms with Gasteiger partial charge in [-0.1, -0.05) is 30.3 Å². The maximum atomic E-state index is 12.0. The molecule has 1 aromatic heterocycles. The third kappa shape index (κ3) is 3.09. The van der Waals surface area contributed by atoms with Crippen LogP contribution in [0.15, 0.2) is 35.7 Å². The summed E-state index contributed by atoms with van der Waals surface area (Å²) in [5.41, 5.74) is 2.09. The third-order valence-electron chi connectivity index (χ3n) is 4.55. The minimum absolute atomic E-state index is 0.00772. The highest BCUT2D eigenvalue weighted by atomic mass is 32.1. The van der Waals surface area contributed by atoms with Crippen molar-refractivity contribution in [2.45, 2.75) is 31.6 Å². The highest BCUT2D eigenvalue weighted by Gasteiger charge is 2.39. The van der Waals surface area contributed by atoms with Crippen LogP contribution < -0.4 is 0 Å². The Bertz CT molecular complexity index is 718. The van der Waals surface area contributed by atoms with Crippen molar-refractivity contribution in [2.75, 3.05) is 19.7 Å². The molecule has 24 heavy (non-hydrogen) atoms. The Hall–Kier alpha value is -1.76. The Labute approximate surface area is 145 Å². The zero-order valence-electron chi connectivity index (χ0n) is 13.6. The summed E-state index contributed by atoms with van der Waals surface area (Å²) in [5.74, 6) is -0.104. The van der Waals surface area contributed by atoms with Crippen LogP contribution in [0.5, 0.6) is 0 Å². The fraction of sp³-hybridized carbons (Fsp3) is 0.444. The molecule has 2 aromatic rings. The fourth-order valence-electron chi connectivity index (χ4n) is 3.31. The van der Waals surface area contributed by atoms with Gasteiger partial charge in [-0.3, -0.25) is 9.69 Å². The Morgan fingerprint density at radius 1 is 1.29 bits per heavy atom. The van der Waals surface area contributed by atoms with Gasteiger partial charge in [-0.2, -0.15) is 0 Å². The quantitative estimate of drug-likeness (QED) is 0.802. The summed E-state index contributed by atoms with van der Waals surface area (Å²) >= 11 is 1.62. The van der Waals surface area contributed by atoms with Crippen LogP contribution in [0.25, 0.3) is 11.3 Å². The number of ether oxygens (including phenoxy) is 2. The average molecular weight is 344 g/mol. The summed E-state index contributed by atoms with van der Waals surface area (Å²) in [7, 11) is 0. The van der Waals surface area contributed by atoms with Crippen LogP contribution in [-0.4, -0.2) is 47.7 Å². The molecular formula is C18H20N2O3S. The summed E-state index contributed by atoms with van der Waals surface area (Å²) in [5, 5.41) is 3.04. The molecule has 0 aliphatic carbocycles. The molecule has 0 saturated carbocycles. The second-order valence-corrected chi connectivity index (χ2v) is 7.18. The van der Waals surface area contributed by atoms with Gasteiger partial charge >= 0.3 is 5.97 Å². The molecule has 3 unspecified atom stereocenters. The maximum Gasteiger partial charge on any atom is 0.323 e. The molecule has 2 saturated heterocycles. The van der Waals surface area contributed by atoms with Crippen molar-refractivity contribution >= 4 is 17.3 Å². The monoisotopic (exact) mass is 344 g/mol. The number of carbonyl (C=O) groups is 1. The molecule has 0 spiro atoms. The van der Waals surface area contributed by atoms with E-state index < -0.39 is 0 Å². The number of aromatic nitrogens is 1. The molecule has 6 heteroatoms. The van der Waals surface area contributed by atoms with Crippen LogP contribution in [0.4, 0.5) is 0 Å². The van der Waals surface area contributed by atoms with E-state index in [0.29, 0.717) is 13.2 Å². The predicted molar refractivity (Wildman–Crippen MR) is 91.8 cm³/mol. The molecule has 5 nitrogen and oxygen atoms in total. The van der Waals surface area contributed by atoms with Crippen LogP contribution in [0.2, 0.25) is 0 Å². The lowest BCUT2D eigenvalue weighted by molar-refractivity contribution is -0.147.